The summed E-state index contributed by atoms with van der Waals surface area (Å²) in [5, 5.41) is 8.90. The van der Waals surface area contributed by atoms with Crippen molar-refractivity contribution >= 4 is 39.2 Å². The van der Waals surface area contributed by atoms with Crippen LogP contribution in [0.3, 0.4) is 0 Å². The molecule has 0 bridgehead atoms. The van der Waals surface area contributed by atoms with E-state index in [1.165, 1.54) is 0 Å². The third-order valence-electron chi connectivity index (χ3n) is 1.62. The van der Waals surface area contributed by atoms with Crippen LogP contribution in [0.1, 0.15) is 20.3 Å². The summed E-state index contributed by atoms with van der Waals surface area (Å²) in [7, 11) is 0. The molecule has 1 atom stereocenters. The fourth-order valence-electron chi connectivity index (χ4n) is 0.794. The van der Waals surface area contributed by atoms with Gasteiger partial charge in [-0.15, -0.1) is 0 Å². The second-order valence-electron chi connectivity index (χ2n) is 2.48. The average Bonchev–Trinajstić information content (AvgIpc) is 1.99. The molecule has 0 aromatic heterocycles. The molecule has 0 aromatic rings. The van der Waals surface area contributed by atoms with E-state index < -0.39 is 11.5 Å². The average molecular weight is 253 g/mol. The molecule has 0 aliphatic rings. The molecule has 1 radical (unpaired) electrons. The van der Waals surface area contributed by atoms with Crippen LogP contribution in [0, 0.1) is 0 Å². The normalized spacial score (nSPS) is 17.1. The molecule has 12 heavy (non-hydrogen) atoms. The van der Waals surface area contributed by atoms with E-state index >= 15 is 0 Å². The van der Waals surface area contributed by atoms with E-state index in [0.29, 0.717) is 11.0 Å². The first-order valence-electron chi connectivity index (χ1n) is 3.56. The first kappa shape index (κ1) is 12.0. The van der Waals surface area contributed by atoms with E-state index in [1.54, 1.807) is 13.8 Å². The maximum atomic E-state index is 10.8. The summed E-state index contributed by atoms with van der Waals surface area (Å²) in [4.78, 5) is 14.9. The third kappa shape index (κ3) is 2.81. The summed E-state index contributed by atoms with van der Waals surface area (Å²) in [6, 6.07) is 0. The van der Waals surface area contributed by atoms with Crippen molar-refractivity contribution in [2.45, 2.75) is 25.8 Å². The summed E-state index contributed by atoms with van der Waals surface area (Å²) in [6.07, 6.45) is 0.449. The number of carboxylic acids is 1. The molecule has 0 rings (SSSR count). The molecular weight excluding hydrogens is 241 g/mol. The molecule has 0 aliphatic carbocycles. The monoisotopic (exact) mass is 254 g/mol. The number of carboxylic acid groups (broad SMARTS) is 1. The zero-order valence-electron chi connectivity index (χ0n) is 7.07. The quantitative estimate of drug-likeness (QED) is 0.441. The predicted octanol–water partition coefficient (Wildman–Crippen LogP) is 0.736. The van der Waals surface area contributed by atoms with Gasteiger partial charge >= 0.3 is 85.7 Å². The van der Waals surface area contributed by atoms with Crippen LogP contribution in [0.5, 0.6) is 0 Å². The third-order valence-corrected chi connectivity index (χ3v) is 2.33. The van der Waals surface area contributed by atoms with Crippen LogP contribution in [0.4, 0.5) is 0 Å². The van der Waals surface area contributed by atoms with Gasteiger partial charge in [0.15, 0.2) is 0 Å². The fourth-order valence-corrected chi connectivity index (χ4v) is 1.59. The minimum absolute atomic E-state index is 0.220. The molecule has 0 heterocycles. The van der Waals surface area contributed by atoms with Gasteiger partial charge in [0.1, 0.15) is 0 Å². The van der Waals surface area contributed by atoms with Gasteiger partial charge in [0, 0.05) is 0 Å². The molecule has 0 saturated carbocycles. The van der Waals surface area contributed by atoms with E-state index in [4.69, 9.17) is 5.11 Å². The molecule has 1 N–H and O–H groups in total. The van der Waals surface area contributed by atoms with Crippen LogP contribution in [0.2, 0.25) is 0 Å². The van der Waals surface area contributed by atoms with Gasteiger partial charge in [0.05, 0.1) is 0 Å². The van der Waals surface area contributed by atoms with Crippen molar-refractivity contribution in [3.05, 3.63) is 0 Å². The second kappa shape index (κ2) is 4.90. The summed E-state index contributed by atoms with van der Waals surface area (Å²) < 4.78 is 0.647. The van der Waals surface area contributed by atoms with E-state index in [0.717, 1.165) is 0 Å². The van der Waals surface area contributed by atoms with Gasteiger partial charge in [-0.1, -0.05) is 0 Å². The zero-order chi connectivity index (χ0) is 9.78. The molecule has 1 unspecified atom stereocenters. The Labute approximate surface area is 85.9 Å². The van der Waals surface area contributed by atoms with Gasteiger partial charge in [-0.25, -0.2) is 0 Å². The van der Waals surface area contributed by atoms with E-state index in [1.807, 2.05) is 0 Å². The van der Waals surface area contributed by atoms with Gasteiger partial charge in [-0.05, 0) is 0 Å². The number of aliphatic carboxylic acids is 1. The number of hydrogen-bond acceptors (Lipinski definition) is 3. The fraction of sp³-hybridized carbons (Fsp3) is 0.714. The van der Waals surface area contributed by atoms with Crippen LogP contribution < -0.4 is 0 Å². The SMILES string of the molecule is CCC(CS)(N=C(C)[Se])C(=O)O. The standard InChI is InChI=1S/C7H12NO2SSe/c1-3-7(4-11,6(9)10)8-5(2)12/h11H,3-4H2,1-2H3,(H,9,10). The summed E-state index contributed by atoms with van der Waals surface area (Å²) in [5.41, 5.74) is -1.06. The van der Waals surface area contributed by atoms with Crippen molar-refractivity contribution in [2.75, 3.05) is 5.75 Å². The molecule has 0 saturated heterocycles. The molecule has 0 amide bonds. The van der Waals surface area contributed by atoms with Gasteiger partial charge in [-0.3, -0.25) is 0 Å². The van der Waals surface area contributed by atoms with E-state index in [2.05, 4.69) is 33.6 Å². The first-order valence-corrected chi connectivity index (χ1v) is 5.05. The van der Waals surface area contributed by atoms with Crippen molar-refractivity contribution < 1.29 is 9.90 Å². The molecular formula is C7H12NO2SSe. The number of hydrogen-bond donors (Lipinski definition) is 2. The Balaban J connectivity index is 4.83. The van der Waals surface area contributed by atoms with E-state index in [9.17, 15) is 4.79 Å². The Morgan fingerprint density at radius 2 is 2.25 bits per heavy atom. The Bertz CT molecular complexity index is 198. The molecule has 0 spiro atoms. The van der Waals surface area contributed by atoms with Gasteiger partial charge in [0.2, 0.25) is 0 Å². The van der Waals surface area contributed by atoms with Crippen molar-refractivity contribution in [1.29, 1.82) is 0 Å². The van der Waals surface area contributed by atoms with Crippen molar-refractivity contribution in [3.63, 3.8) is 0 Å². The van der Waals surface area contributed by atoms with Crippen LogP contribution in [-0.4, -0.2) is 43.0 Å². The maximum absolute atomic E-state index is 10.8. The molecule has 0 aliphatic heterocycles. The van der Waals surface area contributed by atoms with Crippen molar-refractivity contribution in [3.8, 4) is 0 Å². The number of aliphatic imine (C=N–C) groups is 1. The van der Waals surface area contributed by atoms with Crippen LogP contribution in [-0.2, 0) is 4.79 Å². The zero-order valence-corrected chi connectivity index (χ0v) is 9.68. The summed E-state index contributed by atoms with van der Waals surface area (Å²) in [6.45, 7) is 3.52. The molecule has 3 nitrogen and oxygen atoms in total. The van der Waals surface area contributed by atoms with Gasteiger partial charge in [0.25, 0.3) is 0 Å². The molecule has 0 aromatic carbocycles. The Kier molecular flexibility index (Phi) is 4.90. The van der Waals surface area contributed by atoms with Crippen LogP contribution in [0.25, 0.3) is 0 Å². The second-order valence-corrected chi connectivity index (χ2v) is 4.04. The number of rotatable bonds is 4. The molecule has 5 heteroatoms. The predicted molar refractivity (Wildman–Crippen MR) is 53.4 cm³/mol. The number of nitrogens with zero attached hydrogens (tertiary/aromatic N) is 1. The Hall–Kier alpha value is 0.00948. The topological polar surface area (TPSA) is 49.7 Å². The Morgan fingerprint density at radius 1 is 1.75 bits per heavy atom. The minimum atomic E-state index is -1.06. The van der Waals surface area contributed by atoms with Crippen LogP contribution in [0.15, 0.2) is 4.99 Å². The number of carbonyl (C=O) groups is 1. The molecule has 69 valence electrons. The van der Waals surface area contributed by atoms with Gasteiger partial charge in [-0.2, -0.15) is 0 Å². The van der Waals surface area contributed by atoms with Crippen LogP contribution >= 0.6 is 12.6 Å². The summed E-state index contributed by atoms with van der Waals surface area (Å²) >= 11 is 6.66. The van der Waals surface area contributed by atoms with Gasteiger partial charge < -0.3 is 0 Å². The first-order chi connectivity index (χ1) is 5.48. The molecule has 0 fully saturated rings. The van der Waals surface area contributed by atoms with E-state index in [-0.39, 0.29) is 5.75 Å². The Morgan fingerprint density at radius 3 is 2.33 bits per heavy atom. The number of thiol groups is 1. The van der Waals surface area contributed by atoms with Crippen molar-refractivity contribution in [1.82, 2.24) is 0 Å². The van der Waals surface area contributed by atoms with Crippen molar-refractivity contribution in [2.24, 2.45) is 4.99 Å². The summed E-state index contributed by atoms with van der Waals surface area (Å²) in [5.74, 6) is -0.702.